The number of nitrogens with one attached hydrogen (secondary N) is 1. The highest BCUT2D eigenvalue weighted by atomic mass is 32.1. The van der Waals surface area contributed by atoms with Gasteiger partial charge < -0.3 is 15.0 Å². The fraction of sp³-hybridized carbons (Fsp3) is 0.421. The number of hydrogen-bond acceptors (Lipinski definition) is 4. The van der Waals surface area contributed by atoms with Gasteiger partial charge in [-0.3, -0.25) is 4.79 Å². The van der Waals surface area contributed by atoms with Gasteiger partial charge in [0.25, 0.3) is 5.91 Å². The molecule has 2 aliphatic heterocycles. The van der Waals surface area contributed by atoms with E-state index in [1.54, 1.807) is 7.11 Å². The van der Waals surface area contributed by atoms with Crippen molar-refractivity contribution in [3.8, 4) is 16.2 Å². The molecule has 0 saturated carbocycles. The van der Waals surface area contributed by atoms with E-state index in [0.29, 0.717) is 6.04 Å². The van der Waals surface area contributed by atoms with Gasteiger partial charge >= 0.3 is 0 Å². The van der Waals surface area contributed by atoms with Crippen molar-refractivity contribution in [2.24, 2.45) is 5.92 Å². The molecule has 4 nitrogen and oxygen atoms in total. The van der Waals surface area contributed by atoms with Crippen LogP contribution in [-0.2, 0) is 0 Å². The number of methoxy groups -OCH3 is 1. The third-order valence-corrected chi connectivity index (χ3v) is 6.12. The zero-order valence-corrected chi connectivity index (χ0v) is 14.6. The Morgan fingerprint density at radius 2 is 2.21 bits per heavy atom. The summed E-state index contributed by atoms with van der Waals surface area (Å²) in [6.45, 7) is 3.40. The number of fused-ring (bicyclic) bond motifs is 2. The fourth-order valence-electron chi connectivity index (χ4n) is 3.81. The first-order valence-corrected chi connectivity index (χ1v) is 9.30. The van der Waals surface area contributed by atoms with Gasteiger partial charge in [0.15, 0.2) is 0 Å². The monoisotopic (exact) mass is 342 g/mol. The lowest BCUT2D eigenvalue weighted by atomic mass is 9.97. The third-order valence-electron chi connectivity index (χ3n) is 4.99. The summed E-state index contributed by atoms with van der Waals surface area (Å²) in [6.07, 6.45) is 2.40. The van der Waals surface area contributed by atoms with Gasteiger partial charge in [-0.15, -0.1) is 11.3 Å². The Labute approximate surface area is 146 Å². The zero-order valence-electron chi connectivity index (χ0n) is 13.8. The Hall–Kier alpha value is -1.85. The minimum Gasteiger partial charge on any atom is -0.497 e. The van der Waals surface area contributed by atoms with Crippen LogP contribution in [-0.4, -0.2) is 43.6 Å². The maximum atomic E-state index is 12.6. The SMILES string of the molecule is COc1cccc(-c2ccc(C(=O)N[C@@H]3C[C@H]4CCN(C4)C3)s2)c1. The lowest BCUT2D eigenvalue weighted by Crippen LogP contribution is -2.46. The van der Waals surface area contributed by atoms with E-state index in [1.165, 1.54) is 30.8 Å². The molecular formula is C19H22N2O2S. The Kier molecular flexibility index (Phi) is 4.29. The second-order valence-corrected chi connectivity index (χ2v) is 7.80. The van der Waals surface area contributed by atoms with Crippen LogP contribution in [0.2, 0.25) is 0 Å². The average Bonchev–Trinajstić information content (AvgIpc) is 3.22. The molecule has 2 aliphatic rings. The van der Waals surface area contributed by atoms with Crippen molar-refractivity contribution in [3.05, 3.63) is 41.3 Å². The molecule has 126 valence electrons. The Balaban J connectivity index is 1.45. The van der Waals surface area contributed by atoms with Crippen molar-refractivity contribution in [2.45, 2.75) is 18.9 Å². The first-order chi connectivity index (χ1) is 11.7. The molecule has 1 aromatic heterocycles. The van der Waals surface area contributed by atoms with Crippen LogP contribution >= 0.6 is 11.3 Å². The number of piperidine rings is 1. The predicted octanol–water partition coefficient (Wildman–Crippen LogP) is 3.25. The Morgan fingerprint density at radius 1 is 1.29 bits per heavy atom. The van der Waals surface area contributed by atoms with Crippen LogP contribution in [0.3, 0.4) is 0 Å². The van der Waals surface area contributed by atoms with E-state index in [4.69, 9.17) is 4.74 Å². The van der Waals surface area contributed by atoms with Crippen LogP contribution in [0.5, 0.6) is 5.75 Å². The molecule has 1 unspecified atom stereocenters. The number of amides is 1. The molecule has 5 heteroatoms. The number of carbonyl (C=O) groups excluding carboxylic acids is 1. The van der Waals surface area contributed by atoms with Gasteiger partial charge in [0, 0.05) is 24.0 Å². The van der Waals surface area contributed by atoms with Crippen molar-refractivity contribution >= 4 is 17.2 Å². The maximum Gasteiger partial charge on any atom is 0.261 e. The molecule has 24 heavy (non-hydrogen) atoms. The first-order valence-electron chi connectivity index (χ1n) is 8.49. The normalized spacial score (nSPS) is 25.5. The topological polar surface area (TPSA) is 41.6 Å². The molecule has 1 N–H and O–H groups in total. The number of benzene rings is 1. The molecule has 2 fully saturated rings. The van der Waals surface area contributed by atoms with Crippen LogP contribution in [0.15, 0.2) is 36.4 Å². The van der Waals surface area contributed by atoms with E-state index >= 15 is 0 Å². The highest BCUT2D eigenvalue weighted by Gasteiger charge is 2.33. The standard InChI is InChI=1S/C19H22N2O2S/c1-23-16-4-2-3-14(10-16)17-5-6-18(24-17)19(22)20-15-9-13-7-8-21(11-13)12-15/h2-6,10,13,15H,7-9,11-12H2,1H3,(H,20,22)/t13-,15-/m1/s1. The third kappa shape index (κ3) is 3.19. The molecular weight excluding hydrogens is 320 g/mol. The summed E-state index contributed by atoms with van der Waals surface area (Å²) in [7, 11) is 1.67. The van der Waals surface area contributed by atoms with E-state index < -0.39 is 0 Å². The van der Waals surface area contributed by atoms with Crippen molar-refractivity contribution in [3.63, 3.8) is 0 Å². The molecule has 2 aromatic rings. The van der Waals surface area contributed by atoms with Crippen molar-refractivity contribution < 1.29 is 9.53 Å². The fourth-order valence-corrected chi connectivity index (χ4v) is 4.72. The van der Waals surface area contributed by atoms with Crippen LogP contribution < -0.4 is 10.1 Å². The van der Waals surface area contributed by atoms with Gasteiger partial charge in [0.1, 0.15) is 5.75 Å². The summed E-state index contributed by atoms with van der Waals surface area (Å²) in [4.78, 5) is 16.9. The molecule has 4 rings (SSSR count). The molecule has 0 spiro atoms. The highest BCUT2D eigenvalue weighted by Crippen LogP contribution is 2.31. The molecule has 1 amide bonds. The lowest BCUT2D eigenvalue weighted by molar-refractivity contribution is 0.0913. The molecule has 1 aromatic carbocycles. The van der Waals surface area contributed by atoms with Gasteiger partial charge in [0.05, 0.1) is 12.0 Å². The van der Waals surface area contributed by atoms with Crippen LogP contribution in [0, 0.1) is 5.92 Å². The smallest absolute Gasteiger partial charge is 0.261 e. The highest BCUT2D eigenvalue weighted by molar-refractivity contribution is 7.17. The number of ether oxygens (including phenoxy) is 1. The summed E-state index contributed by atoms with van der Waals surface area (Å²) in [5, 5.41) is 3.23. The van der Waals surface area contributed by atoms with Crippen LogP contribution in [0.1, 0.15) is 22.5 Å². The van der Waals surface area contributed by atoms with Crippen molar-refractivity contribution in [2.75, 3.05) is 26.7 Å². The van der Waals surface area contributed by atoms with Crippen molar-refractivity contribution in [1.29, 1.82) is 0 Å². The first kappa shape index (κ1) is 15.7. The quantitative estimate of drug-likeness (QED) is 0.927. The van der Waals surface area contributed by atoms with E-state index in [9.17, 15) is 4.79 Å². The molecule has 0 aliphatic carbocycles. The zero-order chi connectivity index (χ0) is 16.5. The van der Waals surface area contributed by atoms with E-state index in [0.717, 1.165) is 40.0 Å². The van der Waals surface area contributed by atoms with E-state index in [-0.39, 0.29) is 5.91 Å². The summed E-state index contributed by atoms with van der Waals surface area (Å²) in [6, 6.07) is 12.2. The largest absolute Gasteiger partial charge is 0.497 e. The number of rotatable bonds is 4. The Morgan fingerprint density at radius 3 is 3.04 bits per heavy atom. The number of thiophene rings is 1. The number of hydrogen-bond donors (Lipinski definition) is 1. The van der Waals surface area contributed by atoms with Crippen molar-refractivity contribution in [1.82, 2.24) is 10.2 Å². The summed E-state index contributed by atoms with van der Waals surface area (Å²) in [5.74, 6) is 1.65. The average molecular weight is 342 g/mol. The molecule has 0 radical (unpaired) electrons. The second kappa shape index (κ2) is 6.57. The summed E-state index contributed by atoms with van der Waals surface area (Å²) >= 11 is 1.54. The number of nitrogens with zero attached hydrogens (tertiary/aromatic N) is 1. The minimum absolute atomic E-state index is 0.0571. The molecule has 2 bridgehead atoms. The summed E-state index contributed by atoms with van der Waals surface area (Å²) in [5.41, 5.74) is 1.08. The van der Waals surface area contributed by atoms with Gasteiger partial charge in [-0.05, 0) is 55.1 Å². The maximum absolute atomic E-state index is 12.6. The number of carbonyl (C=O) groups is 1. The minimum atomic E-state index is 0.0571. The summed E-state index contributed by atoms with van der Waals surface area (Å²) < 4.78 is 5.28. The molecule has 3 heterocycles. The van der Waals surface area contributed by atoms with Crippen LogP contribution in [0.25, 0.3) is 10.4 Å². The van der Waals surface area contributed by atoms with Gasteiger partial charge in [0.2, 0.25) is 0 Å². The van der Waals surface area contributed by atoms with Gasteiger partial charge in [-0.25, -0.2) is 0 Å². The van der Waals surface area contributed by atoms with E-state index in [1.807, 2.05) is 36.4 Å². The van der Waals surface area contributed by atoms with E-state index in [2.05, 4.69) is 10.2 Å². The molecule has 2 saturated heterocycles. The molecule has 3 atom stereocenters. The predicted molar refractivity (Wildman–Crippen MR) is 96.7 cm³/mol. The second-order valence-electron chi connectivity index (χ2n) is 6.72. The van der Waals surface area contributed by atoms with Gasteiger partial charge in [-0.2, -0.15) is 0 Å². The Bertz CT molecular complexity index is 730. The lowest BCUT2D eigenvalue weighted by Gasteiger charge is -2.30. The van der Waals surface area contributed by atoms with Crippen LogP contribution in [0.4, 0.5) is 0 Å². The van der Waals surface area contributed by atoms with Gasteiger partial charge in [-0.1, -0.05) is 12.1 Å².